The zero-order chi connectivity index (χ0) is 12.4. The van der Waals surface area contributed by atoms with E-state index in [1.165, 1.54) is 0 Å². The maximum Gasteiger partial charge on any atom is 0.283 e. The molecule has 17 heavy (non-hydrogen) atoms. The summed E-state index contributed by atoms with van der Waals surface area (Å²) < 4.78 is 16.7. The maximum absolute atomic E-state index is 10.4. The van der Waals surface area contributed by atoms with E-state index in [0.717, 1.165) is 4.90 Å². The summed E-state index contributed by atoms with van der Waals surface area (Å²) in [4.78, 5) is 21.9. The molecule has 0 aromatic carbocycles. The summed E-state index contributed by atoms with van der Waals surface area (Å²) in [5.74, 6) is -0.963. The quantitative estimate of drug-likeness (QED) is 0.620. The average Bonchev–Trinajstić information content (AvgIpc) is 2.37. The Morgan fingerprint density at radius 2 is 1.65 bits per heavy atom. The summed E-state index contributed by atoms with van der Waals surface area (Å²) in [6, 6.07) is 0. The van der Waals surface area contributed by atoms with Crippen LogP contribution in [0.25, 0.3) is 0 Å². The second-order valence-corrected chi connectivity index (χ2v) is 4.91. The van der Waals surface area contributed by atoms with Crippen LogP contribution >= 0.6 is 0 Å². The van der Waals surface area contributed by atoms with E-state index in [1.807, 2.05) is 0 Å². The van der Waals surface area contributed by atoms with Crippen molar-refractivity contribution >= 4 is 12.8 Å². The van der Waals surface area contributed by atoms with Gasteiger partial charge in [-0.3, -0.25) is 14.5 Å². The Labute approximate surface area is 99.8 Å². The lowest BCUT2D eigenvalue weighted by molar-refractivity contribution is -0.467. The highest BCUT2D eigenvalue weighted by molar-refractivity contribution is 5.68. The number of rotatable bonds is 6. The van der Waals surface area contributed by atoms with E-state index in [2.05, 4.69) is 6.92 Å². The summed E-state index contributed by atoms with van der Waals surface area (Å²) in [6.45, 7) is 4.27. The third kappa shape index (κ3) is 2.65. The molecule has 0 aromatic heterocycles. The van der Waals surface area contributed by atoms with Gasteiger partial charge in [0.15, 0.2) is 0 Å². The summed E-state index contributed by atoms with van der Waals surface area (Å²) in [6.07, 6.45) is 2.12. The Morgan fingerprint density at radius 1 is 1.12 bits per heavy atom. The minimum absolute atomic E-state index is 0.0423. The van der Waals surface area contributed by atoms with Crippen molar-refractivity contribution in [1.29, 1.82) is 0 Å². The minimum Gasteiger partial charge on any atom is -0.327 e. The molecule has 3 aliphatic heterocycles. The molecule has 3 saturated heterocycles. The number of ether oxygens (including phenoxy) is 3. The van der Waals surface area contributed by atoms with Gasteiger partial charge in [-0.25, -0.2) is 0 Å². The molecule has 0 aliphatic carbocycles. The first-order valence-corrected chi connectivity index (χ1v) is 5.70. The number of imide groups is 1. The second-order valence-electron chi connectivity index (χ2n) is 4.91. The van der Waals surface area contributed by atoms with Crippen LogP contribution in [0.3, 0.4) is 0 Å². The molecular weight excluding hydrogens is 226 g/mol. The first-order chi connectivity index (χ1) is 8.11. The van der Waals surface area contributed by atoms with Gasteiger partial charge in [-0.1, -0.05) is 6.92 Å². The van der Waals surface area contributed by atoms with Gasteiger partial charge in [-0.05, 0) is 6.42 Å². The molecule has 3 rings (SSSR count). The number of carbonyl (C=O) groups is 2. The molecule has 3 heterocycles. The Kier molecular flexibility index (Phi) is 3.46. The highest BCUT2D eigenvalue weighted by Crippen LogP contribution is 2.40. The zero-order valence-corrected chi connectivity index (χ0v) is 9.89. The lowest BCUT2D eigenvalue weighted by Crippen LogP contribution is -2.58. The molecular formula is C11H17NO5. The Morgan fingerprint density at radius 3 is 2.12 bits per heavy atom. The molecule has 0 saturated carbocycles. The normalized spacial score (nSPS) is 35.6. The summed E-state index contributed by atoms with van der Waals surface area (Å²) in [7, 11) is 0. The van der Waals surface area contributed by atoms with Gasteiger partial charge >= 0.3 is 0 Å². The molecule has 0 radical (unpaired) electrons. The number of amides is 2. The standard InChI is InChI=1S/C11H17NO5/c1-10-5-15-11(16-6-10,17-7-10)3-2-4-12(8-13)9-14/h8-9H,2-7H2,1H3. The van der Waals surface area contributed by atoms with Crippen molar-refractivity contribution in [3.05, 3.63) is 0 Å². The van der Waals surface area contributed by atoms with Crippen LogP contribution in [-0.4, -0.2) is 50.1 Å². The van der Waals surface area contributed by atoms with Crippen molar-refractivity contribution in [2.24, 2.45) is 5.41 Å². The summed E-state index contributed by atoms with van der Waals surface area (Å²) in [5.41, 5.74) is -0.0423. The van der Waals surface area contributed by atoms with Crippen LogP contribution in [0.5, 0.6) is 0 Å². The van der Waals surface area contributed by atoms with Gasteiger partial charge in [0.25, 0.3) is 5.97 Å². The lowest BCUT2D eigenvalue weighted by Gasteiger charge is -2.50. The third-order valence-electron chi connectivity index (χ3n) is 3.09. The predicted molar refractivity (Wildman–Crippen MR) is 56.8 cm³/mol. The predicted octanol–water partition coefficient (Wildman–Crippen LogP) is 0.118. The van der Waals surface area contributed by atoms with Gasteiger partial charge in [0.2, 0.25) is 12.8 Å². The number of hydrogen-bond donors (Lipinski definition) is 0. The zero-order valence-electron chi connectivity index (χ0n) is 9.89. The Balaban J connectivity index is 1.79. The second kappa shape index (κ2) is 4.72. The Bertz CT molecular complexity index is 274. The minimum atomic E-state index is -0.963. The number of fused-ring (bicyclic) bond motifs is 3. The lowest BCUT2D eigenvalue weighted by atomic mass is 9.91. The summed E-state index contributed by atoms with van der Waals surface area (Å²) >= 11 is 0. The van der Waals surface area contributed by atoms with E-state index in [-0.39, 0.29) is 5.41 Å². The van der Waals surface area contributed by atoms with Crippen molar-refractivity contribution in [2.75, 3.05) is 26.4 Å². The molecule has 6 nitrogen and oxygen atoms in total. The molecule has 96 valence electrons. The van der Waals surface area contributed by atoms with E-state index < -0.39 is 5.97 Å². The first kappa shape index (κ1) is 12.5. The van der Waals surface area contributed by atoms with E-state index in [4.69, 9.17) is 14.2 Å². The number of carbonyl (C=O) groups excluding carboxylic acids is 2. The van der Waals surface area contributed by atoms with E-state index in [0.29, 0.717) is 52.0 Å². The van der Waals surface area contributed by atoms with Crippen LogP contribution in [-0.2, 0) is 23.8 Å². The maximum atomic E-state index is 10.4. The topological polar surface area (TPSA) is 65.1 Å². The van der Waals surface area contributed by atoms with Crippen LogP contribution in [0.2, 0.25) is 0 Å². The largest absolute Gasteiger partial charge is 0.327 e. The Hall–Kier alpha value is -0.980. The molecule has 3 aliphatic rings. The number of hydrogen-bond acceptors (Lipinski definition) is 5. The number of nitrogens with zero attached hydrogens (tertiary/aromatic N) is 1. The molecule has 3 fully saturated rings. The molecule has 0 spiro atoms. The van der Waals surface area contributed by atoms with Gasteiger partial charge in [-0.15, -0.1) is 0 Å². The fraction of sp³-hybridized carbons (Fsp3) is 0.818. The molecule has 2 amide bonds. The smallest absolute Gasteiger partial charge is 0.283 e. The molecule has 0 atom stereocenters. The van der Waals surface area contributed by atoms with Crippen molar-refractivity contribution in [3.8, 4) is 0 Å². The van der Waals surface area contributed by atoms with E-state index >= 15 is 0 Å². The van der Waals surface area contributed by atoms with Crippen LogP contribution in [0, 0.1) is 5.41 Å². The van der Waals surface area contributed by atoms with Gasteiger partial charge in [0.05, 0.1) is 19.8 Å². The molecule has 0 unspecified atom stereocenters. The fourth-order valence-corrected chi connectivity index (χ4v) is 1.93. The van der Waals surface area contributed by atoms with Crippen LogP contribution in [0.4, 0.5) is 0 Å². The highest BCUT2D eigenvalue weighted by Gasteiger charge is 2.49. The van der Waals surface area contributed by atoms with E-state index in [9.17, 15) is 9.59 Å². The molecule has 2 bridgehead atoms. The highest BCUT2D eigenvalue weighted by atomic mass is 16.9. The van der Waals surface area contributed by atoms with Crippen molar-refractivity contribution in [2.45, 2.75) is 25.7 Å². The van der Waals surface area contributed by atoms with Gasteiger partial charge in [-0.2, -0.15) is 0 Å². The monoisotopic (exact) mass is 243 g/mol. The summed E-state index contributed by atoms with van der Waals surface area (Å²) in [5, 5.41) is 0. The molecule has 0 N–H and O–H groups in total. The SMILES string of the molecule is CC12COC(CCCN(C=O)C=O)(OC1)OC2. The van der Waals surface area contributed by atoms with E-state index in [1.54, 1.807) is 0 Å². The average molecular weight is 243 g/mol. The third-order valence-corrected chi connectivity index (χ3v) is 3.09. The van der Waals surface area contributed by atoms with Crippen molar-refractivity contribution in [1.82, 2.24) is 4.90 Å². The van der Waals surface area contributed by atoms with Crippen molar-refractivity contribution in [3.63, 3.8) is 0 Å². The van der Waals surface area contributed by atoms with Gasteiger partial charge in [0.1, 0.15) is 0 Å². The molecule has 6 heteroatoms. The first-order valence-electron chi connectivity index (χ1n) is 5.70. The molecule has 0 aromatic rings. The van der Waals surface area contributed by atoms with Gasteiger partial charge in [0, 0.05) is 18.4 Å². The van der Waals surface area contributed by atoms with Crippen molar-refractivity contribution < 1.29 is 23.8 Å². The fourth-order valence-electron chi connectivity index (χ4n) is 1.93. The van der Waals surface area contributed by atoms with Crippen LogP contribution in [0.15, 0.2) is 0 Å². The van der Waals surface area contributed by atoms with Gasteiger partial charge < -0.3 is 14.2 Å². The van der Waals surface area contributed by atoms with Crippen LogP contribution in [0.1, 0.15) is 19.8 Å². The van der Waals surface area contributed by atoms with Crippen LogP contribution < -0.4 is 0 Å².